The molecule has 0 unspecified atom stereocenters. The second kappa shape index (κ2) is 3.95. The number of hydrogen-bond donors (Lipinski definition) is 1. The molecule has 1 aromatic rings. The van der Waals surface area contributed by atoms with E-state index in [2.05, 4.69) is 49.2 Å². The Kier molecular flexibility index (Phi) is 2.67. The van der Waals surface area contributed by atoms with Crippen LogP contribution in [0.4, 0.5) is 0 Å². The van der Waals surface area contributed by atoms with E-state index in [0.717, 1.165) is 6.42 Å². The zero-order valence-corrected chi connectivity index (χ0v) is 8.96. The molecule has 1 aromatic carbocycles. The Morgan fingerprint density at radius 3 is 2.64 bits per heavy atom. The van der Waals surface area contributed by atoms with Gasteiger partial charge in [0.2, 0.25) is 0 Å². The van der Waals surface area contributed by atoms with Crippen LogP contribution in [0.2, 0.25) is 0 Å². The van der Waals surface area contributed by atoms with Gasteiger partial charge in [0.15, 0.2) is 5.71 Å². The third kappa shape index (κ3) is 1.72. The standard InChI is InChI=1S/C13H17N/c1-3-13-12(9-10(2)14-13)11-7-5-4-6-8-11/h4-8,10,12H,3,9H2,1-2H3/p+1/t10-,12+/m0/s1. The van der Waals surface area contributed by atoms with Gasteiger partial charge in [0.1, 0.15) is 6.04 Å². The summed E-state index contributed by atoms with van der Waals surface area (Å²) >= 11 is 0. The lowest BCUT2D eigenvalue weighted by atomic mass is 9.90. The van der Waals surface area contributed by atoms with Crippen LogP contribution in [0.5, 0.6) is 0 Å². The molecule has 2 atom stereocenters. The first-order valence-corrected chi connectivity index (χ1v) is 5.48. The first-order chi connectivity index (χ1) is 6.81. The quantitative estimate of drug-likeness (QED) is 0.723. The smallest absolute Gasteiger partial charge is 0.158 e. The van der Waals surface area contributed by atoms with Crippen molar-refractivity contribution in [3.8, 4) is 0 Å². The van der Waals surface area contributed by atoms with E-state index in [1.165, 1.54) is 17.7 Å². The van der Waals surface area contributed by atoms with Crippen molar-refractivity contribution < 1.29 is 4.99 Å². The van der Waals surface area contributed by atoms with Gasteiger partial charge in [-0.3, -0.25) is 0 Å². The molecule has 0 radical (unpaired) electrons. The zero-order chi connectivity index (χ0) is 9.97. The fourth-order valence-electron chi connectivity index (χ4n) is 2.34. The van der Waals surface area contributed by atoms with Crippen molar-refractivity contribution in [1.29, 1.82) is 0 Å². The summed E-state index contributed by atoms with van der Waals surface area (Å²) in [5, 5.41) is 0. The molecule has 2 rings (SSSR count). The summed E-state index contributed by atoms with van der Waals surface area (Å²) in [5.74, 6) is 0.635. The molecule has 1 aliphatic rings. The van der Waals surface area contributed by atoms with Gasteiger partial charge in [0.05, 0.1) is 5.92 Å². The van der Waals surface area contributed by atoms with Crippen LogP contribution in [0.25, 0.3) is 0 Å². The highest BCUT2D eigenvalue weighted by atomic mass is 14.8. The first-order valence-electron chi connectivity index (χ1n) is 5.48. The zero-order valence-electron chi connectivity index (χ0n) is 8.96. The lowest BCUT2D eigenvalue weighted by molar-refractivity contribution is -0.489. The van der Waals surface area contributed by atoms with Crippen LogP contribution in [0.1, 0.15) is 38.2 Å². The molecule has 1 heteroatoms. The van der Waals surface area contributed by atoms with Crippen molar-refractivity contribution in [3.05, 3.63) is 35.9 Å². The maximum Gasteiger partial charge on any atom is 0.158 e. The third-order valence-electron chi connectivity index (χ3n) is 3.02. The number of benzene rings is 1. The Morgan fingerprint density at radius 2 is 2.00 bits per heavy atom. The van der Waals surface area contributed by atoms with E-state index in [0.29, 0.717) is 12.0 Å². The highest BCUT2D eigenvalue weighted by molar-refractivity contribution is 5.86. The molecule has 1 heterocycles. The molecule has 1 N–H and O–H groups in total. The molecule has 14 heavy (non-hydrogen) atoms. The van der Waals surface area contributed by atoms with Crippen LogP contribution in [0, 0.1) is 0 Å². The maximum atomic E-state index is 3.57. The maximum absolute atomic E-state index is 3.57. The van der Waals surface area contributed by atoms with Gasteiger partial charge in [-0.1, -0.05) is 37.3 Å². The van der Waals surface area contributed by atoms with Gasteiger partial charge in [0.25, 0.3) is 0 Å². The van der Waals surface area contributed by atoms with E-state index in [4.69, 9.17) is 0 Å². The Balaban J connectivity index is 2.25. The molecule has 74 valence electrons. The molecule has 0 spiro atoms. The van der Waals surface area contributed by atoms with Crippen molar-refractivity contribution in [3.63, 3.8) is 0 Å². The highest BCUT2D eigenvalue weighted by Crippen LogP contribution is 2.24. The third-order valence-corrected chi connectivity index (χ3v) is 3.02. The number of rotatable bonds is 2. The Bertz CT molecular complexity index is 326. The molecular weight excluding hydrogens is 170 g/mol. The predicted molar refractivity (Wildman–Crippen MR) is 59.5 cm³/mol. The van der Waals surface area contributed by atoms with Crippen molar-refractivity contribution >= 4 is 5.71 Å². The fourth-order valence-corrected chi connectivity index (χ4v) is 2.34. The normalized spacial score (nSPS) is 26.3. The molecule has 0 saturated carbocycles. The molecule has 0 saturated heterocycles. The van der Waals surface area contributed by atoms with Crippen molar-refractivity contribution in [2.24, 2.45) is 0 Å². The SMILES string of the molecule is CCC1=[NH+][C@@H](C)C[C@@H]1c1ccccc1. The minimum absolute atomic E-state index is 0.634. The molecule has 1 nitrogen and oxygen atoms in total. The van der Waals surface area contributed by atoms with Gasteiger partial charge in [-0.15, -0.1) is 0 Å². The second-order valence-electron chi connectivity index (χ2n) is 4.12. The van der Waals surface area contributed by atoms with Crippen LogP contribution in [0.15, 0.2) is 30.3 Å². The van der Waals surface area contributed by atoms with Crippen LogP contribution in [-0.2, 0) is 0 Å². The summed E-state index contributed by atoms with van der Waals surface area (Å²) in [6.07, 6.45) is 2.39. The molecule has 0 bridgehead atoms. The summed E-state index contributed by atoms with van der Waals surface area (Å²) < 4.78 is 0. The second-order valence-corrected chi connectivity index (χ2v) is 4.12. The molecule has 0 aromatic heterocycles. The van der Waals surface area contributed by atoms with Gasteiger partial charge in [-0.05, 0) is 12.5 Å². The summed E-state index contributed by atoms with van der Waals surface area (Å²) in [7, 11) is 0. The van der Waals surface area contributed by atoms with Crippen LogP contribution < -0.4 is 4.99 Å². The van der Waals surface area contributed by atoms with Crippen LogP contribution in [-0.4, -0.2) is 11.8 Å². The summed E-state index contributed by atoms with van der Waals surface area (Å²) in [4.78, 5) is 3.57. The van der Waals surface area contributed by atoms with Gasteiger partial charge in [-0.2, -0.15) is 0 Å². The number of hydrogen-bond acceptors (Lipinski definition) is 0. The van der Waals surface area contributed by atoms with Crippen molar-refractivity contribution in [2.45, 2.75) is 38.6 Å². The Hall–Kier alpha value is -1.11. The topological polar surface area (TPSA) is 14.0 Å². The average Bonchev–Trinajstić information content (AvgIpc) is 2.61. The van der Waals surface area contributed by atoms with E-state index in [1.807, 2.05) is 0 Å². The van der Waals surface area contributed by atoms with Gasteiger partial charge in [0, 0.05) is 12.8 Å². The summed E-state index contributed by atoms with van der Waals surface area (Å²) in [6.45, 7) is 4.49. The molecule has 0 fully saturated rings. The van der Waals surface area contributed by atoms with Crippen LogP contribution >= 0.6 is 0 Å². The molecule has 0 aliphatic carbocycles. The lowest BCUT2D eigenvalue weighted by Gasteiger charge is -2.07. The Morgan fingerprint density at radius 1 is 1.29 bits per heavy atom. The van der Waals surface area contributed by atoms with Gasteiger partial charge >= 0.3 is 0 Å². The Labute approximate surface area is 85.9 Å². The molecule has 0 amide bonds. The van der Waals surface area contributed by atoms with E-state index in [9.17, 15) is 0 Å². The van der Waals surface area contributed by atoms with Crippen molar-refractivity contribution in [1.82, 2.24) is 0 Å². The minimum atomic E-state index is 0.634. The van der Waals surface area contributed by atoms with E-state index in [-0.39, 0.29) is 0 Å². The first kappa shape index (κ1) is 9.45. The number of nitrogens with one attached hydrogen (secondary N) is 1. The fraction of sp³-hybridized carbons (Fsp3) is 0.462. The van der Waals surface area contributed by atoms with Crippen LogP contribution in [0.3, 0.4) is 0 Å². The summed E-state index contributed by atoms with van der Waals surface area (Å²) in [6, 6.07) is 11.5. The largest absolute Gasteiger partial charge is 0.246 e. The average molecular weight is 188 g/mol. The van der Waals surface area contributed by atoms with E-state index < -0.39 is 0 Å². The minimum Gasteiger partial charge on any atom is -0.246 e. The van der Waals surface area contributed by atoms with E-state index in [1.54, 1.807) is 0 Å². The van der Waals surface area contributed by atoms with Crippen molar-refractivity contribution in [2.75, 3.05) is 0 Å². The molecule has 1 aliphatic heterocycles. The predicted octanol–water partition coefficient (Wildman–Crippen LogP) is 1.49. The molecular formula is C13H18N+. The monoisotopic (exact) mass is 188 g/mol. The summed E-state index contributed by atoms with van der Waals surface area (Å²) in [5.41, 5.74) is 2.96. The van der Waals surface area contributed by atoms with E-state index >= 15 is 0 Å². The van der Waals surface area contributed by atoms with Gasteiger partial charge < -0.3 is 0 Å². The lowest BCUT2D eigenvalue weighted by Crippen LogP contribution is -2.75. The van der Waals surface area contributed by atoms with Gasteiger partial charge in [-0.25, -0.2) is 4.99 Å². The highest BCUT2D eigenvalue weighted by Gasteiger charge is 2.31.